The molecule has 0 spiro atoms. The van der Waals surface area contributed by atoms with Crippen LogP contribution in [0, 0.1) is 0 Å². The van der Waals surface area contributed by atoms with Gasteiger partial charge in [-0.2, -0.15) is 15.0 Å². The number of rotatable bonds is 6. The van der Waals surface area contributed by atoms with Crippen molar-refractivity contribution in [3.8, 4) is 6.01 Å². The van der Waals surface area contributed by atoms with Crippen LogP contribution in [0.3, 0.4) is 0 Å². The highest BCUT2D eigenvalue weighted by Gasteiger charge is 2.10. The Bertz CT molecular complexity index is 544. The number of nitrogens with zero attached hydrogens (tertiary/aromatic N) is 3. The summed E-state index contributed by atoms with van der Waals surface area (Å²) in [7, 11) is 0. The average Bonchev–Trinajstić information content (AvgIpc) is 2.79. The predicted octanol–water partition coefficient (Wildman–Crippen LogP) is 2.35. The molecule has 1 unspecified atom stereocenters. The predicted molar refractivity (Wildman–Crippen MR) is 81.1 cm³/mol. The van der Waals surface area contributed by atoms with Crippen molar-refractivity contribution in [1.29, 1.82) is 0 Å². The summed E-state index contributed by atoms with van der Waals surface area (Å²) in [5, 5.41) is 5.29. The Morgan fingerprint density at radius 1 is 1.30 bits per heavy atom. The molecular formula is C13H19N5OS. The van der Waals surface area contributed by atoms with Gasteiger partial charge in [-0.05, 0) is 32.2 Å². The van der Waals surface area contributed by atoms with Gasteiger partial charge in [-0.15, -0.1) is 11.3 Å². The first-order valence-electron chi connectivity index (χ1n) is 6.50. The van der Waals surface area contributed by atoms with Gasteiger partial charge >= 0.3 is 6.01 Å². The second-order valence-electron chi connectivity index (χ2n) is 4.80. The van der Waals surface area contributed by atoms with Crippen LogP contribution in [0.4, 0.5) is 11.9 Å². The van der Waals surface area contributed by atoms with Crippen LogP contribution >= 0.6 is 11.3 Å². The Morgan fingerprint density at radius 2 is 2.10 bits per heavy atom. The zero-order valence-corrected chi connectivity index (χ0v) is 12.6. The zero-order chi connectivity index (χ0) is 14.5. The topological polar surface area (TPSA) is 86.0 Å². The van der Waals surface area contributed by atoms with Crippen LogP contribution in [0.5, 0.6) is 6.01 Å². The maximum atomic E-state index is 5.67. The summed E-state index contributed by atoms with van der Waals surface area (Å²) in [6, 6.07) is 4.60. The van der Waals surface area contributed by atoms with E-state index < -0.39 is 0 Å². The Morgan fingerprint density at radius 3 is 2.75 bits per heavy atom. The van der Waals surface area contributed by atoms with Crippen molar-refractivity contribution >= 4 is 23.2 Å². The fourth-order valence-corrected chi connectivity index (χ4v) is 2.54. The van der Waals surface area contributed by atoms with Gasteiger partial charge in [-0.3, -0.25) is 0 Å². The molecule has 0 aliphatic carbocycles. The molecule has 20 heavy (non-hydrogen) atoms. The molecule has 7 heteroatoms. The van der Waals surface area contributed by atoms with Gasteiger partial charge in [0.25, 0.3) is 0 Å². The van der Waals surface area contributed by atoms with Crippen LogP contribution in [-0.2, 0) is 6.42 Å². The summed E-state index contributed by atoms with van der Waals surface area (Å²) < 4.78 is 5.44. The Kier molecular flexibility index (Phi) is 4.73. The monoisotopic (exact) mass is 293 g/mol. The maximum Gasteiger partial charge on any atom is 0.323 e. The second kappa shape index (κ2) is 6.51. The number of hydrogen-bond donors (Lipinski definition) is 2. The molecule has 0 aliphatic heterocycles. The van der Waals surface area contributed by atoms with Crippen LogP contribution in [0.2, 0.25) is 0 Å². The normalized spacial score (nSPS) is 12.4. The molecule has 3 N–H and O–H groups in total. The summed E-state index contributed by atoms with van der Waals surface area (Å²) in [6.45, 7) is 5.89. The standard InChI is InChI=1S/C13H19N5OS/c1-8(2)19-13-17-11(14)16-12(18-13)15-9(3)7-10-5-4-6-20-10/h4-6,8-9H,7H2,1-3H3,(H3,14,15,16,17,18). The smallest absolute Gasteiger partial charge is 0.323 e. The molecule has 6 nitrogen and oxygen atoms in total. The van der Waals surface area contributed by atoms with E-state index in [4.69, 9.17) is 10.5 Å². The first-order valence-corrected chi connectivity index (χ1v) is 7.38. The number of thiophene rings is 1. The van der Waals surface area contributed by atoms with E-state index in [1.807, 2.05) is 19.9 Å². The summed E-state index contributed by atoms with van der Waals surface area (Å²) in [4.78, 5) is 13.6. The van der Waals surface area contributed by atoms with Crippen molar-refractivity contribution in [2.45, 2.75) is 39.3 Å². The van der Waals surface area contributed by atoms with E-state index in [-0.39, 0.29) is 24.1 Å². The van der Waals surface area contributed by atoms with Crippen molar-refractivity contribution in [1.82, 2.24) is 15.0 Å². The van der Waals surface area contributed by atoms with E-state index in [0.29, 0.717) is 5.95 Å². The van der Waals surface area contributed by atoms with Gasteiger partial charge < -0.3 is 15.8 Å². The number of hydrogen-bond acceptors (Lipinski definition) is 7. The molecule has 1 atom stereocenters. The van der Waals surface area contributed by atoms with Crippen molar-refractivity contribution in [3.63, 3.8) is 0 Å². The number of aromatic nitrogens is 3. The minimum absolute atomic E-state index is 0.00630. The molecule has 2 rings (SSSR count). The van der Waals surface area contributed by atoms with Crippen molar-refractivity contribution in [2.75, 3.05) is 11.1 Å². The van der Waals surface area contributed by atoms with Gasteiger partial charge in [-0.25, -0.2) is 0 Å². The van der Waals surface area contributed by atoms with E-state index in [0.717, 1.165) is 6.42 Å². The molecule has 108 valence electrons. The van der Waals surface area contributed by atoms with Crippen molar-refractivity contribution < 1.29 is 4.74 Å². The number of nitrogens with one attached hydrogen (secondary N) is 1. The third-order valence-electron chi connectivity index (χ3n) is 2.44. The molecule has 0 amide bonds. The van der Waals surface area contributed by atoms with Crippen LogP contribution in [0.15, 0.2) is 17.5 Å². The molecule has 0 radical (unpaired) electrons. The second-order valence-corrected chi connectivity index (χ2v) is 5.83. The Balaban J connectivity index is 2.02. The SMILES string of the molecule is CC(Cc1cccs1)Nc1nc(N)nc(OC(C)C)n1. The molecule has 0 saturated carbocycles. The number of ether oxygens (including phenoxy) is 1. The highest BCUT2D eigenvalue weighted by Crippen LogP contribution is 2.15. The van der Waals surface area contributed by atoms with Gasteiger partial charge in [0.1, 0.15) is 0 Å². The first kappa shape index (κ1) is 14.5. The third kappa shape index (κ3) is 4.34. The lowest BCUT2D eigenvalue weighted by Crippen LogP contribution is -2.20. The van der Waals surface area contributed by atoms with Crippen molar-refractivity contribution in [3.05, 3.63) is 22.4 Å². The quantitative estimate of drug-likeness (QED) is 0.850. The summed E-state index contributed by atoms with van der Waals surface area (Å²) >= 11 is 1.73. The van der Waals surface area contributed by atoms with Crippen LogP contribution in [0.25, 0.3) is 0 Å². The van der Waals surface area contributed by atoms with Crippen molar-refractivity contribution in [2.24, 2.45) is 0 Å². The van der Waals surface area contributed by atoms with E-state index in [9.17, 15) is 0 Å². The fraction of sp³-hybridized carbons (Fsp3) is 0.462. The zero-order valence-electron chi connectivity index (χ0n) is 11.8. The van der Waals surface area contributed by atoms with Gasteiger partial charge in [0, 0.05) is 17.3 Å². The minimum Gasteiger partial charge on any atom is -0.461 e. The van der Waals surface area contributed by atoms with E-state index >= 15 is 0 Å². The number of anilines is 2. The molecule has 0 saturated heterocycles. The van der Waals surface area contributed by atoms with Gasteiger partial charge in [0.05, 0.1) is 6.10 Å². The first-order chi connectivity index (χ1) is 9.52. The van der Waals surface area contributed by atoms with Crippen LogP contribution in [-0.4, -0.2) is 27.1 Å². The summed E-state index contributed by atoms with van der Waals surface area (Å²) in [6.07, 6.45) is 0.900. The lowest BCUT2D eigenvalue weighted by Gasteiger charge is -2.14. The van der Waals surface area contributed by atoms with Gasteiger partial charge in [0.2, 0.25) is 11.9 Å². The molecule has 0 bridgehead atoms. The van der Waals surface area contributed by atoms with E-state index in [1.165, 1.54) is 4.88 Å². The van der Waals surface area contributed by atoms with Gasteiger partial charge in [-0.1, -0.05) is 6.07 Å². The molecular weight excluding hydrogens is 274 g/mol. The molecule has 2 heterocycles. The van der Waals surface area contributed by atoms with Crippen LogP contribution < -0.4 is 15.8 Å². The molecule has 2 aromatic rings. The lowest BCUT2D eigenvalue weighted by atomic mass is 10.2. The Labute approximate surface area is 122 Å². The molecule has 2 aromatic heterocycles. The highest BCUT2D eigenvalue weighted by molar-refractivity contribution is 7.09. The summed E-state index contributed by atoms with van der Waals surface area (Å²) in [5.41, 5.74) is 5.67. The molecule has 0 aliphatic rings. The van der Waals surface area contributed by atoms with E-state index in [1.54, 1.807) is 11.3 Å². The number of nitrogen functional groups attached to an aromatic ring is 1. The van der Waals surface area contributed by atoms with E-state index in [2.05, 4.69) is 38.6 Å². The third-order valence-corrected chi connectivity index (χ3v) is 3.33. The summed E-state index contributed by atoms with van der Waals surface area (Å²) in [5.74, 6) is 0.596. The minimum atomic E-state index is -0.00630. The number of nitrogens with two attached hydrogens (primary N) is 1. The lowest BCUT2D eigenvalue weighted by molar-refractivity contribution is 0.222. The molecule has 0 fully saturated rings. The fourth-order valence-electron chi connectivity index (χ4n) is 1.70. The highest BCUT2D eigenvalue weighted by atomic mass is 32.1. The van der Waals surface area contributed by atoms with Crippen LogP contribution in [0.1, 0.15) is 25.6 Å². The maximum absolute atomic E-state index is 5.67. The largest absolute Gasteiger partial charge is 0.461 e. The Hall–Kier alpha value is -1.89. The van der Waals surface area contributed by atoms with Gasteiger partial charge in [0.15, 0.2) is 0 Å². The average molecular weight is 293 g/mol. The molecule has 0 aromatic carbocycles.